The van der Waals surface area contributed by atoms with E-state index in [1.54, 1.807) is 14.2 Å². The molecule has 0 aliphatic heterocycles. The molecule has 0 amide bonds. The predicted octanol–water partition coefficient (Wildman–Crippen LogP) is 2.08. The van der Waals surface area contributed by atoms with Crippen LogP contribution in [0.5, 0.6) is 11.5 Å². The quantitative estimate of drug-likeness (QED) is 0.878. The van der Waals surface area contributed by atoms with Gasteiger partial charge in [0.2, 0.25) is 0 Å². The van der Waals surface area contributed by atoms with E-state index in [-0.39, 0.29) is 0 Å². The first kappa shape index (κ1) is 12.4. The average Bonchev–Trinajstić information content (AvgIpc) is 2.87. The lowest BCUT2D eigenvalue weighted by Crippen LogP contribution is -2.06. The molecule has 5 nitrogen and oxygen atoms in total. The van der Waals surface area contributed by atoms with Gasteiger partial charge in [0.1, 0.15) is 17.2 Å². The monoisotopic (exact) mass is 248 g/mol. The lowest BCUT2D eigenvalue weighted by atomic mass is 10.1. The highest BCUT2D eigenvalue weighted by Gasteiger charge is 2.12. The Labute approximate surface area is 106 Å². The Balaban J connectivity index is 2.45. The van der Waals surface area contributed by atoms with Gasteiger partial charge < -0.3 is 19.2 Å². The molecule has 18 heavy (non-hydrogen) atoms. The number of ether oxygens (including phenoxy) is 2. The summed E-state index contributed by atoms with van der Waals surface area (Å²) in [6.07, 6.45) is 1.44. The molecule has 0 bridgehead atoms. The summed E-state index contributed by atoms with van der Waals surface area (Å²) in [5.41, 5.74) is 1.74. The van der Waals surface area contributed by atoms with Crippen molar-refractivity contribution in [1.82, 2.24) is 10.3 Å². The highest BCUT2D eigenvalue weighted by molar-refractivity contribution is 5.64. The molecule has 96 valence electrons. The fourth-order valence-electron chi connectivity index (χ4n) is 1.74. The predicted molar refractivity (Wildman–Crippen MR) is 67.8 cm³/mol. The second-order valence-electron chi connectivity index (χ2n) is 3.76. The third-order valence-electron chi connectivity index (χ3n) is 2.60. The van der Waals surface area contributed by atoms with Crippen LogP contribution >= 0.6 is 0 Å². The van der Waals surface area contributed by atoms with Crippen LogP contribution in [0.2, 0.25) is 0 Å². The largest absolute Gasteiger partial charge is 0.497 e. The SMILES string of the molecule is CNCc1ncoc1-c1cc(OC)cc(OC)c1. The first-order valence-electron chi connectivity index (χ1n) is 5.59. The molecule has 1 aromatic heterocycles. The van der Waals surface area contributed by atoms with Gasteiger partial charge in [-0.25, -0.2) is 4.98 Å². The second kappa shape index (κ2) is 5.55. The van der Waals surface area contributed by atoms with Crippen LogP contribution in [-0.4, -0.2) is 26.3 Å². The Bertz CT molecular complexity index is 500. The van der Waals surface area contributed by atoms with E-state index in [1.807, 2.05) is 25.2 Å². The summed E-state index contributed by atoms with van der Waals surface area (Å²) in [4.78, 5) is 4.18. The molecule has 0 saturated carbocycles. The zero-order valence-electron chi connectivity index (χ0n) is 10.7. The molecule has 2 rings (SSSR count). The number of aromatic nitrogens is 1. The Hall–Kier alpha value is -2.01. The van der Waals surface area contributed by atoms with Gasteiger partial charge in [-0.1, -0.05) is 0 Å². The van der Waals surface area contributed by atoms with Crippen molar-refractivity contribution in [1.29, 1.82) is 0 Å². The van der Waals surface area contributed by atoms with Gasteiger partial charge in [0, 0.05) is 18.2 Å². The van der Waals surface area contributed by atoms with E-state index in [9.17, 15) is 0 Å². The van der Waals surface area contributed by atoms with Crippen molar-refractivity contribution in [2.75, 3.05) is 21.3 Å². The number of rotatable bonds is 5. The molecule has 0 aliphatic carbocycles. The van der Waals surface area contributed by atoms with Crippen LogP contribution in [0.1, 0.15) is 5.69 Å². The highest BCUT2D eigenvalue weighted by atomic mass is 16.5. The molecular weight excluding hydrogens is 232 g/mol. The third kappa shape index (κ3) is 2.46. The number of nitrogens with one attached hydrogen (secondary N) is 1. The molecule has 0 radical (unpaired) electrons. The van der Waals surface area contributed by atoms with Crippen LogP contribution in [0.3, 0.4) is 0 Å². The van der Waals surface area contributed by atoms with E-state index >= 15 is 0 Å². The van der Waals surface area contributed by atoms with Crippen LogP contribution in [-0.2, 0) is 6.54 Å². The fraction of sp³-hybridized carbons (Fsp3) is 0.308. The summed E-state index contributed by atoms with van der Waals surface area (Å²) >= 11 is 0. The maximum Gasteiger partial charge on any atom is 0.181 e. The van der Waals surface area contributed by atoms with E-state index in [0.717, 1.165) is 28.5 Å². The lowest BCUT2D eigenvalue weighted by molar-refractivity contribution is 0.394. The van der Waals surface area contributed by atoms with E-state index in [0.29, 0.717) is 6.54 Å². The van der Waals surface area contributed by atoms with Crippen LogP contribution in [0.25, 0.3) is 11.3 Å². The first-order valence-corrected chi connectivity index (χ1v) is 5.59. The van der Waals surface area contributed by atoms with Crippen LogP contribution in [0.4, 0.5) is 0 Å². The number of benzene rings is 1. The Morgan fingerprint density at radius 2 is 1.83 bits per heavy atom. The maximum atomic E-state index is 5.44. The van der Waals surface area contributed by atoms with Gasteiger partial charge in [0.05, 0.1) is 14.2 Å². The zero-order valence-corrected chi connectivity index (χ0v) is 10.7. The normalized spacial score (nSPS) is 10.4. The topological polar surface area (TPSA) is 56.5 Å². The molecule has 0 fully saturated rings. The molecule has 0 atom stereocenters. The van der Waals surface area contributed by atoms with Gasteiger partial charge in [-0.3, -0.25) is 0 Å². The lowest BCUT2D eigenvalue weighted by Gasteiger charge is -2.07. The van der Waals surface area contributed by atoms with Gasteiger partial charge in [0.15, 0.2) is 12.2 Å². The molecule has 1 N–H and O–H groups in total. The number of oxazole rings is 1. The van der Waals surface area contributed by atoms with Gasteiger partial charge >= 0.3 is 0 Å². The van der Waals surface area contributed by atoms with E-state index in [1.165, 1.54) is 6.39 Å². The molecule has 0 unspecified atom stereocenters. The zero-order chi connectivity index (χ0) is 13.0. The van der Waals surface area contributed by atoms with Crippen molar-refractivity contribution in [3.8, 4) is 22.8 Å². The van der Waals surface area contributed by atoms with E-state index in [2.05, 4.69) is 10.3 Å². The summed E-state index contributed by atoms with van der Waals surface area (Å²) in [5, 5.41) is 3.05. The Morgan fingerprint density at radius 1 is 1.17 bits per heavy atom. The van der Waals surface area contributed by atoms with Gasteiger partial charge in [-0.15, -0.1) is 0 Å². The Morgan fingerprint density at radius 3 is 2.39 bits per heavy atom. The molecule has 5 heteroatoms. The molecule has 1 aromatic carbocycles. The first-order chi connectivity index (χ1) is 8.78. The maximum absolute atomic E-state index is 5.44. The van der Waals surface area contributed by atoms with E-state index in [4.69, 9.17) is 13.9 Å². The summed E-state index contributed by atoms with van der Waals surface area (Å²) in [5.74, 6) is 2.16. The molecule has 2 aromatic rings. The number of hydrogen-bond donors (Lipinski definition) is 1. The van der Waals surface area contributed by atoms with Crippen LogP contribution < -0.4 is 14.8 Å². The molecule has 1 heterocycles. The minimum atomic E-state index is 0.644. The summed E-state index contributed by atoms with van der Waals surface area (Å²) < 4.78 is 15.9. The third-order valence-corrected chi connectivity index (χ3v) is 2.60. The Kier molecular flexibility index (Phi) is 3.84. The number of hydrogen-bond acceptors (Lipinski definition) is 5. The summed E-state index contributed by atoms with van der Waals surface area (Å²) in [7, 11) is 5.10. The number of methoxy groups -OCH3 is 2. The standard InChI is InChI=1S/C13H16N2O3/c1-14-7-12-13(18-8-15-12)9-4-10(16-2)6-11(5-9)17-3/h4-6,8,14H,7H2,1-3H3. The molecule has 0 spiro atoms. The van der Waals surface area contributed by atoms with Crippen molar-refractivity contribution < 1.29 is 13.9 Å². The summed E-state index contributed by atoms with van der Waals surface area (Å²) in [6, 6.07) is 5.60. The van der Waals surface area contributed by atoms with Gasteiger partial charge in [0.25, 0.3) is 0 Å². The van der Waals surface area contributed by atoms with Crippen molar-refractivity contribution in [3.63, 3.8) is 0 Å². The van der Waals surface area contributed by atoms with Gasteiger partial charge in [-0.05, 0) is 19.2 Å². The van der Waals surface area contributed by atoms with Crippen molar-refractivity contribution in [2.45, 2.75) is 6.54 Å². The minimum Gasteiger partial charge on any atom is -0.497 e. The number of nitrogens with zero attached hydrogens (tertiary/aromatic N) is 1. The molecule has 0 saturated heterocycles. The molecular formula is C13H16N2O3. The summed E-state index contributed by atoms with van der Waals surface area (Å²) in [6.45, 7) is 0.644. The van der Waals surface area contributed by atoms with E-state index < -0.39 is 0 Å². The van der Waals surface area contributed by atoms with Crippen LogP contribution in [0, 0.1) is 0 Å². The fourth-order valence-corrected chi connectivity index (χ4v) is 1.74. The molecule has 0 aliphatic rings. The second-order valence-corrected chi connectivity index (χ2v) is 3.76. The smallest absolute Gasteiger partial charge is 0.181 e. The van der Waals surface area contributed by atoms with Crippen molar-refractivity contribution in [2.24, 2.45) is 0 Å². The van der Waals surface area contributed by atoms with Crippen LogP contribution in [0.15, 0.2) is 29.0 Å². The van der Waals surface area contributed by atoms with Crippen molar-refractivity contribution >= 4 is 0 Å². The van der Waals surface area contributed by atoms with Gasteiger partial charge in [-0.2, -0.15) is 0 Å². The average molecular weight is 248 g/mol. The highest BCUT2D eigenvalue weighted by Crippen LogP contribution is 2.31. The van der Waals surface area contributed by atoms with Crippen molar-refractivity contribution in [3.05, 3.63) is 30.3 Å². The minimum absolute atomic E-state index is 0.644.